The first-order valence-corrected chi connectivity index (χ1v) is 25.1. The van der Waals surface area contributed by atoms with Gasteiger partial charge in [-0.2, -0.15) is 21.0 Å². The molecule has 3 aromatic heterocycles. The molecule has 0 fully saturated rings. The standard InChI is InChI=1S/C68H32N14/c1-38-78-39(2)80-68(79-38)60-32-66(81-62-27-44(48-17-40(34-69)16-41(18-48)35-70)8-12-56(62)57-13-9-45(28-63(57)81)49-19-42(36-71)21-52(23-49)73-3)67(33-61(60)77-7)82-64-29-46(50-20-43(37-72)22-53(24-50)74-4)10-14-58(64)59-15-11-47(30-65(59)82)51-25-54(75-5)31-55(26-51)76-6/h8-33H,1-2H3. The van der Waals surface area contributed by atoms with Gasteiger partial charge >= 0.3 is 0 Å². The van der Waals surface area contributed by atoms with E-state index >= 15 is 0 Å². The molecule has 0 N–H and O–H groups in total. The molecule has 0 saturated carbocycles. The third-order valence-corrected chi connectivity index (χ3v) is 14.4. The first-order chi connectivity index (χ1) is 39.9. The Kier molecular flexibility index (Phi) is 12.1. The second kappa shape index (κ2) is 19.9. The first-order valence-electron chi connectivity index (χ1n) is 25.1. The predicted molar refractivity (Wildman–Crippen MR) is 315 cm³/mol. The van der Waals surface area contributed by atoms with E-state index in [0.717, 1.165) is 21.5 Å². The SMILES string of the molecule is [C-]#[N+]c1cc(C#N)cc(-c2ccc3c4ccc(-c5cc([N+]#[C-])cc([N+]#[C-])c5)cc4n(-c4cc([N+]#[C-])c(-c5nc(C)nc(C)n5)cc4-n4c5cc(-c6cc(C#N)cc(C#N)c6)ccc5c5ccc(-c6cc(C#N)cc([N+]#[C-])c6)cc54)c3c2)c1. The number of fused-ring (bicyclic) bond motifs is 6. The van der Waals surface area contributed by atoms with Crippen molar-refractivity contribution in [2.24, 2.45) is 0 Å². The van der Waals surface area contributed by atoms with Crippen molar-refractivity contribution < 1.29 is 0 Å². The molecule has 0 atom stereocenters. The maximum atomic E-state index is 10.1. The number of aryl methyl sites for hydroxylation is 2. The van der Waals surface area contributed by atoms with Crippen molar-refractivity contribution in [1.82, 2.24) is 24.1 Å². The van der Waals surface area contributed by atoms with Crippen LogP contribution in [0.5, 0.6) is 0 Å². The fourth-order valence-corrected chi connectivity index (χ4v) is 10.8. The van der Waals surface area contributed by atoms with Gasteiger partial charge in [0.2, 0.25) is 0 Å². The molecule has 14 heteroatoms. The van der Waals surface area contributed by atoms with Crippen LogP contribution in [0.1, 0.15) is 33.9 Å². The van der Waals surface area contributed by atoms with Crippen molar-refractivity contribution in [2.45, 2.75) is 13.8 Å². The normalized spacial score (nSPS) is 10.7. The van der Waals surface area contributed by atoms with E-state index in [1.165, 1.54) is 6.07 Å². The Morgan fingerprint density at radius 1 is 0.341 bits per heavy atom. The van der Waals surface area contributed by atoms with Crippen LogP contribution in [0.2, 0.25) is 0 Å². The minimum Gasteiger partial charge on any atom is -0.308 e. The van der Waals surface area contributed by atoms with Gasteiger partial charge in [-0.1, -0.05) is 66.7 Å². The highest BCUT2D eigenvalue weighted by atomic mass is 15.1. The molecule has 12 aromatic rings. The molecule has 12 rings (SSSR count). The maximum Gasteiger partial charge on any atom is 0.200 e. The van der Waals surface area contributed by atoms with Crippen molar-refractivity contribution in [1.29, 1.82) is 21.0 Å². The summed E-state index contributed by atoms with van der Waals surface area (Å²) in [6, 6.07) is 56.4. The number of nitrogens with zero attached hydrogens (tertiary/aromatic N) is 14. The molecule has 0 aliphatic heterocycles. The maximum absolute atomic E-state index is 10.1. The molecule has 0 radical (unpaired) electrons. The predicted octanol–water partition coefficient (Wildman–Crippen LogP) is 17.3. The van der Waals surface area contributed by atoms with Crippen molar-refractivity contribution in [2.75, 3.05) is 0 Å². The number of hydrogen-bond donors (Lipinski definition) is 0. The summed E-state index contributed by atoms with van der Waals surface area (Å²) in [4.78, 5) is 33.0. The van der Waals surface area contributed by atoms with Gasteiger partial charge in [-0.05, 0) is 149 Å². The quantitative estimate of drug-likeness (QED) is 0.143. The Morgan fingerprint density at radius 3 is 1.02 bits per heavy atom. The van der Waals surface area contributed by atoms with Gasteiger partial charge in [-0.3, -0.25) is 0 Å². The molecule has 0 amide bonds. The number of rotatable bonds is 7. The molecular weight excluding hydrogens is 1010 g/mol. The van der Waals surface area contributed by atoms with Crippen molar-refractivity contribution in [3.8, 4) is 91.5 Å². The number of nitriles is 4. The third kappa shape index (κ3) is 8.53. The molecule has 9 aromatic carbocycles. The highest BCUT2D eigenvalue weighted by Crippen LogP contribution is 2.46. The number of aromatic nitrogens is 5. The Balaban J connectivity index is 1.28. The monoisotopic (exact) mass is 1040 g/mol. The summed E-state index contributed by atoms with van der Waals surface area (Å²) in [7, 11) is 0. The number of hydrogen-bond acceptors (Lipinski definition) is 7. The largest absolute Gasteiger partial charge is 0.308 e. The van der Waals surface area contributed by atoms with Crippen LogP contribution >= 0.6 is 0 Å². The van der Waals surface area contributed by atoms with Gasteiger partial charge in [-0.25, -0.2) is 39.2 Å². The summed E-state index contributed by atoms with van der Waals surface area (Å²) in [6.07, 6.45) is 0. The summed E-state index contributed by atoms with van der Waals surface area (Å²) < 4.78 is 4.17. The van der Waals surface area contributed by atoms with Gasteiger partial charge in [0.1, 0.15) is 11.6 Å². The van der Waals surface area contributed by atoms with Crippen LogP contribution in [0.15, 0.2) is 158 Å². The lowest BCUT2D eigenvalue weighted by Crippen LogP contribution is -2.06. The average Bonchev–Trinajstić information content (AvgIpc) is 3.67. The van der Waals surface area contributed by atoms with Crippen molar-refractivity contribution >= 4 is 72.0 Å². The molecule has 3 heterocycles. The van der Waals surface area contributed by atoms with Gasteiger partial charge in [0.15, 0.2) is 34.3 Å². The average molecular weight is 1050 g/mol. The van der Waals surface area contributed by atoms with E-state index in [1.807, 2.05) is 84.9 Å². The molecule has 0 aliphatic carbocycles. The smallest absolute Gasteiger partial charge is 0.200 e. The van der Waals surface area contributed by atoms with Crippen LogP contribution in [0.3, 0.4) is 0 Å². The molecule has 0 saturated heterocycles. The second-order valence-corrected chi connectivity index (χ2v) is 19.3. The van der Waals surface area contributed by atoms with Gasteiger partial charge < -0.3 is 9.13 Å². The van der Waals surface area contributed by atoms with Crippen LogP contribution in [0.4, 0.5) is 28.4 Å². The highest BCUT2D eigenvalue weighted by Gasteiger charge is 2.25. The topological polar surface area (TPSA) is 165 Å². The summed E-state index contributed by atoms with van der Waals surface area (Å²) in [5.41, 5.74) is 12.2. The fraction of sp³-hybridized carbons (Fsp3) is 0.0294. The van der Waals surface area contributed by atoms with E-state index in [4.69, 9.17) is 42.8 Å². The summed E-state index contributed by atoms with van der Waals surface area (Å²) in [5, 5.41) is 43.7. The van der Waals surface area contributed by atoms with E-state index in [9.17, 15) is 21.0 Å². The summed E-state index contributed by atoms with van der Waals surface area (Å²) in [5.74, 6) is 1.15. The fourth-order valence-electron chi connectivity index (χ4n) is 10.8. The second-order valence-electron chi connectivity index (χ2n) is 19.3. The van der Waals surface area contributed by atoms with E-state index in [1.54, 1.807) is 80.6 Å². The molecule has 0 aliphatic rings. The highest BCUT2D eigenvalue weighted by molar-refractivity contribution is 6.14. The van der Waals surface area contributed by atoms with E-state index in [0.29, 0.717) is 140 Å². The third-order valence-electron chi connectivity index (χ3n) is 14.4. The van der Waals surface area contributed by atoms with Crippen molar-refractivity contribution in [3.63, 3.8) is 0 Å². The lowest BCUT2D eigenvalue weighted by atomic mass is 9.98. The molecule has 0 unspecified atom stereocenters. The van der Waals surface area contributed by atoms with E-state index in [2.05, 4.69) is 62.6 Å². The van der Waals surface area contributed by atoms with Gasteiger partial charge in [0.05, 0.1) is 102 Å². The summed E-state index contributed by atoms with van der Waals surface area (Å²) >= 11 is 0. The lowest BCUT2D eigenvalue weighted by molar-refractivity contribution is 0.928. The van der Waals surface area contributed by atoms with Gasteiger partial charge in [0, 0.05) is 38.2 Å². The zero-order valence-electron chi connectivity index (χ0n) is 43.3. The minimum absolute atomic E-state index is 0.209. The Bertz CT molecular complexity index is 4850. The van der Waals surface area contributed by atoms with Crippen LogP contribution in [0, 0.1) is 92.0 Å². The van der Waals surface area contributed by atoms with Gasteiger partial charge in [0.25, 0.3) is 0 Å². The molecule has 0 spiro atoms. The molecule has 14 nitrogen and oxygen atoms in total. The Labute approximate surface area is 469 Å². The van der Waals surface area contributed by atoms with Gasteiger partial charge in [-0.15, -0.1) is 0 Å². The van der Waals surface area contributed by atoms with Crippen molar-refractivity contribution in [3.05, 3.63) is 249 Å². The van der Waals surface area contributed by atoms with Crippen LogP contribution < -0.4 is 0 Å². The zero-order chi connectivity index (χ0) is 56.9. The molecule has 82 heavy (non-hydrogen) atoms. The molecular formula is C68H32N14. The Morgan fingerprint density at radius 2 is 0.671 bits per heavy atom. The zero-order valence-corrected chi connectivity index (χ0v) is 43.3. The lowest BCUT2D eigenvalue weighted by Gasteiger charge is -2.20. The van der Waals surface area contributed by atoms with Crippen LogP contribution in [-0.2, 0) is 0 Å². The summed E-state index contributed by atoms with van der Waals surface area (Å²) in [6.45, 7) is 44.0. The van der Waals surface area contributed by atoms with Crippen LogP contribution in [-0.4, -0.2) is 24.1 Å². The van der Waals surface area contributed by atoms with E-state index in [-0.39, 0.29) is 11.5 Å². The minimum atomic E-state index is 0.209. The Hall–Kier alpha value is -13.0. The number of benzene rings is 9. The molecule has 0 bridgehead atoms. The first kappa shape index (κ1) is 49.9. The van der Waals surface area contributed by atoms with E-state index < -0.39 is 0 Å². The molecule has 374 valence electrons. The van der Waals surface area contributed by atoms with Crippen LogP contribution in [0.25, 0.3) is 135 Å².